The lowest BCUT2D eigenvalue weighted by molar-refractivity contribution is -0.870. The molecular formula is C59H111N2O6P. The minimum atomic E-state index is -4.60. The van der Waals surface area contributed by atoms with Crippen LogP contribution in [0.5, 0.6) is 0 Å². The van der Waals surface area contributed by atoms with Crippen molar-refractivity contribution in [2.45, 2.75) is 270 Å². The number of carbonyl (C=O) groups excluding carboxylic acids is 1. The highest BCUT2D eigenvalue weighted by molar-refractivity contribution is 7.45. The van der Waals surface area contributed by atoms with Crippen molar-refractivity contribution in [3.05, 3.63) is 60.8 Å². The second-order valence-corrected chi connectivity index (χ2v) is 22.0. The van der Waals surface area contributed by atoms with Gasteiger partial charge in [0, 0.05) is 6.42 Å². The van der Waals surface area contributed by atoms with E-state index < -0.39 is 26.6 Å². The van der Waals surface area contributed by atoms with E-state index in [0.717, 1.165) is 51.4 Å². The molecule has 2 N–H and O–H groups in total. The molecule has 0 aliphatic carbocycles. The number of quaternary nitrogens is 1. The van der Waals surface area contributed by atoms with E-state index in [-0.39, 0.29) is 12.5 Å². The van der Waals surface area contributed by atoms with Gasteiger partial charge in [0.1, 0.15) is 13.2 Å². The molecule has 0 fully saturated rings. The first kappa shape index (κ1) is 66.2. The third-order valence-electron chi connectivity index (χ3n) is 12.7. The Morgan fingerprint density at radius 1 is 0.515 bits per heavy atom. The first-order valence-electron chi connectivity index (χ1n) is 28.7. The molecule has 0 aromatic rings. The number of hydrogen-bond donors (Lipinski definition) is 2. The average Bonchev–Trinajstić information content (AvgIpc) is 3.30. The molecule has 0 heterocycles. The highest BCUT2D eigenvalue weighted by atomic mass is 31.2. The number of rotatable bonds is 52. The lowest BCUT2D eigenvalue weighted by atomic mass is 10.0. The topological polar surface area (TPSA) is 108 Å². The third kappa shape index (κ3) is 52.0. The molecule has 0 saturated carbocycles. The van der Waals surface area contributed by atoms with E-state index >= 15 is 0 Å². The molecule has 0 rings (SSSR count). The summed E-state index contributed by atoms with van der Waals surface area (Å²) in [4.78, 5) is 25.4. The molecule has 68 heavy (non-hydrogen) atoms. The largest absolute Gasteiger partial charge is 0.756 e. The van der Waals surface area contributed by atoms with E-state index in [4.69, 9.17) is 9.05 Å². The highest BCUT2D eigenvalue weighted by Crippen LogP contribution is 2.38. The summed E-state index contributed by atoms with van der Waals surface area (Å²) < 4.78 is 23.3. The van der Waals surface area contributed by atoms with Crippen LogP contribution in [0.1, 0.15) is 258 Å². The molecule has 0 bridgehead atoms. The first-order chi connectivity index (χ1) is 33.0. The number of nitrogens with one attached hydrogen (secondary N) is 1. The number of phosphoric acid groups is 1. The quantitative estimate of drug-likeness (QED) is 0.0272. The monoisotopic (exact) mass is 975 g/mol. The summed E-state index contributed by atoms with van der Waals surface area (Å²) in [5.41, 5.74) is 0. The number of allylic oxidation sites excluding steroid dienone is 9. The SMILES string of the molecule is CCCCCCC/C=C\C/C=C\C/C=C\CCCCCCCCCCCCCCCCCCCCC(=O)NC(COP(=O)([O-])OCC[N+](C)(C)C)C(O)/C=C/CC/C=C/CCCCCCCCC. The number of likely N-dealkylation sites (N-methyl/N-ethyl adjacent to an activating group) is 1. The van der Waals surface area contributed by atoms with Crippen molar-refractivity contribution in [2.75, 3.05) is 40.9 Å². The number of aliphatic hydroxyl groups is 1. The summed E-state index contributed by atoms with van der Waals surface area (Å²) in [7, 11) is 1.24. The van der Waals surface area contributed by atoms with Crippen LogP contribution in [0.25, 0.3) is 0 Å². The second kappa shape index (κ2) is 50.2. The second-order valence-electron chi connectivity index (χ2n) is 20.6. The van der Waals surface area contributed by atoms with Crippen LogP contribution in [0.4, 0.5) is 0 Å². The molecule has 9 heteroatoms. The number of phosphoric ester groups is 1. The molecule has 398 valence electrons. The molecule has 0 saturated heterocycles. The Bertz CT molecular complexity index is 1290. The summed E-state index contributed by atoms with van der Waals surface area (Å²) in [6.45, 7) is 4.61. The Morgan fingerprint density at radius 3 is 1.29 bits per heavy atom. The number of carbonyl (C=O) groups is 1. The third-order valence-corrected chi connectivity index (χ3v) is 13.7. The fourth-order valence-corrected chi connectivity index (χ4v) is 8.90. The number of hydrogen-bond acceptors (Lipinski definition) is 6. The number of unbranched alkanes of at least 4 members (excludes halogenated alkanes) is 31. The van der Waals surface area contributed by atoms with E-state index in [0.29, 0.717) is 17.4 Å². The van der Waals surface area contributed by atoms with Crippen LogP contribution in [0, 0.1) is 0 Å². The van der Waals surface area contributed by atoms with E-state index in [1.54, 1.807) is 6.08 Å². The van der Waals surface area contributed by atoms with Gasteiger partial charge >= 0.3 is 0 Å². The van der Waals surface area contributed by atoms with Crippen LogP contribution < -0.4 is 10.2 Å². The minimum Gasteiger partial charge on any atom is -0.756 e. The van der Waals surface area contributed by atoms with Gasteiger partial charge in [-0.25, -0.2) is 0 Å². The molecule has 1 amide bonds. The predicted octanol–water partition coefficient (Wildman–Crippen LogP) is 16.7. The lowest BCUT2D eigenvalue weighted by Gasteiger charge is -2.29. The van der Waals surface area contributed by atoms with Gasteiger partial charge in [-0.1, -0.05) is 242 Å². The van der Waals surface area contributed by atoms with Crippen molar-refractivity contribution in [3.63, 3.8) is 0 Å². The number of aliphatic hydroxyl groups excluding tert-OH is 1. The van der Waals surface area contributed by atoms with Gasteiger partial charge in [0.2, 0.25) is 5.91 Å². The maximum Gasteiger partial charge on any atom is 0.268 e. The number of amides is 1. The van der Waals surface area contributed by atoms with E-state index in [1.165, 1.54) is 186 Å². The van der Waals surface area contributed by atoms with Gasteiger partial charge in [0.05, 0.1) is 39.9 Å². The summed E-state index contributed by atoms with van der Waals surface area (Å²) in [6.07, 6.45) is 67.4. The Kier molecular flexibility index (Phi) is 48.8. The smallest absolute Gasteiger partial charge is 0.268 e. The fourth-order valence-electron chi connectivity index (χ4n) is 8.18. The lowest BCUT2D eigenvalue weighted by Crippen LogP contribution is -2.45. The molecule has 3 unspecified atom stereocenters. The van der Waals surface area contributed by atoms with Crippen LogP contribution in [0.3, 0.4) is 0 Å². The van der Waals surface area contributed by atoms with Crippen molar-refractivity contribution in [2.24, 2.45) is 0 Å². The number of nitrogens with zero attached hydrogens (tertiary/aromatic N) is 1. The van der Waals surface area contributed by atoms with Crippen LogP contribution >= 0.6 is 7.82 Å². The molecule has 0 aliphatic heterocycles. The molecule has 0 aromatic heterocycles. The molecule has 0 radical (unpaired) electrons. The molecule has 0 aromatic carbocycles. The average molecular weight is 976 g/mol. The molecule has 0 spiro atoms. The van der Waals surface area contributed by atoms with E-state index in [1.807, 2.05) is 27.2 Å². The minimum absolute atomic E-state index is 0.00690. The van der Waals surface area contributed by atoms with Gasteiger partial charge in [-0.2, -0.15) is 0 Å². The summed E-state index contributed by atoms with van der Waals surface area (Å²) in [5, 5.41) is 13.8. The van der Waals surface area contributed by atoms with Gasteiger partial charge in [-0.15, -0.1) is 0 Å². The maximum absolute atomic E-state index is 12.9. The Hall–Kier alpha value is -1.80. The van der Waals surface area contributed by atoms with Crippen molar-refractivity contribution in [1.82, 2.24) is 5.32 Å². The molecular weight excluding hydrogens is 864 g/mol. The van der Waals surface area contributed by atoms with Crippen LogP contribution in [-0.4, -0.2) is 68.5 Å². The zero-order chi connectivity index (χ0) is 49.9. The molecule has 0 aliphatic rings. The van der Waals surface area contributed by atoms with Gasteiger partial charge in [0.25, 0.3) is 7.82 Å². The standard InChI is InChI=1S/C59H111N2O6P/c1-6-8-10-12-14-16-18-20-21-22-23-24-25-26-27-28-29-30-31-32-33-34-35-36-37-38-39-41-43-45-47-49-51-53-59(63)60-57(56-67-68(64,65)66-55-54-61(3,4)5)58(62)52-50-48-46-44-42-40-19-17-15-13-11-9-7-2/h18,20,22-23,25-26,42,44,50,52,57-58,62H,6-17,19,21,24,27-41,43,45-49,51,53-56H2,1-5H3,(H-,60,63,64,65)/b20-18-,23-22-,26-25-,44-42+,52-50+. The first-order valence-corrected chi connectivity index (χ1v) is 30.1. The zero-order valence-electron chi connectivity index (χ0n) is 45.3. The Balaban J connectivity index is 4.05. The summed E-state index contributed by atoms with van der Waals surface area (Å²) in [6, 6.07) is -0.903. The van der Waals surface area contributed by atoms with Gasteiger partial charge in [0.15, 0.2) is 0 Å². The summed E-state index contributed by atoms with van der Waals surface area (Å²) >= 11 is 0. The maximum atomic E-state index is 12.9. The fraction of sp³-hybridized carbons (Fsp3) is 0.814. The highest BCUT2D eigenvalue weighted by Gasteiger charge is 2.23. The van der Waals surface area contributed by atoms with Crippen molar-refractivity contribution < 1.29 is 32.9 Å². The zero-order valence-corrected chi connectivity index (χ0v) is 46.2. The van der Waals surface area contributed by atoms with E-state index in [9.17, 15) is 19.4 Å². The molecule has 3 atom stereocenters. The van der Waals surface area contributed by atoms with Crippen LogP contribution in [-0.2, 0) is 18.4 Å². The van der Waals surface area contributed by atoms with Gasteiger partial charge in [-0.3, -0.25) is 9.36 Å². The van der Waals surface area contributed by atoms with Gasteiger partial charge < -0.3 is 28.8 Å². The van der Waals surface area contributed by atoms with Crippen molar-refractivity contribution in [1.29, 1.82) is 0 Å². The van der Waals surface area contributed by atoms with Crippen molar-refractivity contribution >= 4 is 13.7 Å². The Labute approximate surface area is 422 Å². The summed E-state index contributed by atoms with van der Waals surface area (Å²) in [5.74, 6) is -0.207. The van der Waals surface area contributed by atoms with Crippen molar-refractivity contribution in [3.8, 4) is 0 Å². The molecule has 8 nitrogen and oxygen atoms in total. The predicted molar refractivity (Wildman–Crippen MR) is 293 cm³/mol. The Morgan fingerprint density at radius 2 is 0.868 bits per heavy atom. The van der Waals surface area contributed by atoms with E-state index in [2.05, 4.69) is 67.8 Å². The van der Waals surface area contributed by atoms with Crippen LogP contribution in [0.2, 0.25) is 0 Å². The van der Waals surface area contributed by atoms with Gasteiger partial charge in [-0.05, 0) is 70.6 Å². The normalized spacial score (nSPS) is 14.4. The van der Waals surface area contributed by atoms with Crippen LogP contribution in [0.15, 0.2) is 60.8 Å².